The molecule has 0 bridgehead atoms. The van der Waals surface area contributed by atoms with Gasteiger partial charge in [0.2, 0.25) is 0 Å². The number of nitrogens with zero attached hydrogens (tertiary/aromatic N) is 3. The van der Waals surface area contributed by atoms with Gasteiger partial charge in [0, 0.05) is 36.5 Å². The Kier molecular flexibility index (Phi) is 9.59. The third-order valence-corrected chi connectivity index (χ3v) is 5.09. The lowest BCUT2D eigenvalue weighted by Gasteiger charge is -2.10. The molecule has 2 heterocycles. The van der Waals surface area contributed by atoms with Gasteiger partial charge >= 0.3 is 0 Å². The summed E-state index contributed by atoms with van der Waals surface area (Å²) in [5.41, 5.74) is 3.21. The number of benzene rings is 1. The van der Waals surface area contributed by atoms with Crippen molar-refractivity contribution in [3.8, 4) is 10.6 Å². The summed E-state index contributed by atoms with van der Waals surface area (Å²) in [5.74, 6) is 1.89. The highest BCUT2D eigenvalue weighted by Crippen LogP contribution is 2.23. The molecule has 0 saturated heterocycles. The summed E-state index contributed by atoms with van der Waals surface area (Å²) in [4.78, 5) is 9.31. The van der Waals surface area contributed by atoms with Crippen molar-refractivity contribution >= 4 is 41.3 Å². The average molecular weight is 525 g/mol. The number of guanidine groups is 1. The fourth-order valence-electron chi connectivity index (χ4n) is 2.62. The molecular formula is C21H28IN5OS. The summed E-state index contributed by atoms with van der Waals surface area (Å²) < 4.78 is 5.35. The van der Waals surface area contributed by atoms with E-state index in [2.05, 4.69) is 59.1 Å². The second-order valence-electron chi connectivity index (χ2n) is 6.75. The highest BCUT2D eigenvalue weighted by Gasteiger charge is 2.08. The summed E-state index contributed by atoms with van der Waals surface area (Å²) in [6, 6.07) is 12.2. The highest BCUT2D eigenvalue weighted by molar-refractivity contribution is 14.0. The van der Waals surface area contributed by atoms with Crippen molar-refractivity contribution < 1.29 is 4.52 Å². The van der Waals surface area contributed by atoms with Crippen LogP contribution in [0.1, 0.15) is 43.8 Å². The lowest BCUT2D eigenvalue weighted by molar-refractivity contribution is 0.376. The Balaban J connectivity index is 0.00000300. The van der Waals surface area contributed by atoms with Crippen LogP contribution in [-0.2, 0) is 13.0 Å². The zero-order valence-electron chi connectivity index (χ0n) is 17.0. The molecule has 0 radical (unpaired) electrons. The van der Waals surface area contributed by atoms with Crippen LogP contribution in [0.25, 0.3) is 10.6 Å². The summed E-state index contributed by atoms with van der Waals surface area (Å²) in [6.45, 7) is 8.27. The van der Waals surface area contributed by atoms with E-state index >= 15 is 0 Å². The predicted octanol–water partition coefficient (Wildman–Crippen LogP) is 4.84. The number of nitrogens with one attached hydrogen (secondary N) is 2. The molecule has 2 aromatic heterocycles. The van der Waals surface area contributed by atoms with Gasteiger partial charge in [0.25, 0.3) is 0 Å². The Labute approximate surface area is 193 Å². The zero-order valence-corrected chi connectivity index (χ0v) is 20.2. The molecule has 0 aliphatic rings. The van der Waals surface area contributed by atoms with Gasteiger partial charge in [-0.15, -0.1) is 35.3 Å². The summed E-state index contributed by atoms with van der Waals surface area (Å²) >= 11 is 1.68. The molecule has 29 heavy (non-hydrogen) atoms. The van der Waals surface area contributed by atoms with Gasteiger partial charge in [-0.1, -0.05) is 49.3 Å². The molecule has 0 amide bonds. The molecule has 0 aliphatic carbocycles. The molecule has 0 aliphatic heterocycles. The van der Waals surface area contributed by atoms with Gasteiger partial charge < -0.3 is 15.2 Å². The number of thiazole rings is 1. The van der Waals surface area contributed by atoms with Crippen LogP contribution in [-0.4, -0.2) is 29.2 Å². The van der Waals surface area contributed by atoms with Crippen molar-refractivity contribution in [3.63, 3.8) is 0 Å². The van der Waals surface area contributed by atoms with Crippen molar-refractivity contribution in [2.45, 2.75) is 39.7 Å². The van der Waals surface area contributed by atoms with E-state index in [-0.39, 0.29) is 24.0 Å². The normalized spacial score (nSPS) is 11.4. The van der Waals surface area contributed by atoms with Crippen LogP contribution in [0.5, 0.6) is 0 Å². The van der Waals surface area contributed by atoms with Crippen LogP contribution in [0.2, 0.25) is 0 Å². The predicted molar refractivity (Wildman–Crippen MR) is 130 cm³/mol. The molecule has 156 valence electrons. The number of hydrogen-bond donors (Lipinski definition) is 2. The first-order valence-corrected chi connectivity index (χ1v) is 10.5. The number of rotatable bonds is 8. The second-order valence-corrected chi connectivity index (χ2v) is 7.61. The minimum absolute atomic E-state index is 0. The third-order valence-electron chi connectivity index (χ3n) is 4.15. The van der Waals surface area contributed by atoms with Gasteiger partial charge in [0.05, 0.1) is 11.4 Å². The maximum Gasteiger partial charge on any atom is 0.191 e. The van der Waals surface area contributed by atoms with Crippen molar-refractivity contribution in [3.05, 3.63) is 58.9 Å². The first-order valence-electron chi connectivity index (χ1n) is 9.63. The smallest absolute Gasteiger partial charge is 0.191 e. The van der Waals surface area contributed by atoms with E-state index in [1.165, 1.54) is 0 Å². The van der Waals surface area contributed by atoms with Crippen LogP contribution < -0.4 is 10.6 Å². The van der Waals surface area contributed by atoms with Crippen LogP contribution >= 0.6 is 35.3 Å². The lowest BCUT2D eigenvalue weighted by atomic mass is 10.1. The number of hydrogen-bond acceptors (Lipinski definition) is 5. The molecule has 3 aromatic rings. The Morgan fingerprint density at radius 1 is 1.21 bits per heavy atom. The standard InChI is InChI=1S/C21H27N5OS.HI/c1-4-22-21(24-13-18-12-19(15(2)3)26-27-18)23-11-10-17-14-28-20(25-17)16-8-6-5-7-9-16;/h5-9,12,14-15H,4,10-11,13H2,1-3H3,(H2,22,23,24);1H. The summed E-state index contributed by atoms with van der Waals surface area (Å²) in [7, 11) is 0. The maximum atomic E-state index is 5.35. The molecule has 8 heteroatoms. The van der Waals surface area contributed by atoms with E-state index in [0.29, 0.717) is 12.5 Å². The zero-order chi connectivity index (χ0) is 19.8. The first-order chi connectivity index (χ1) is 13.7. The molecule has 0 spiro atoms. The minimum atomic E-state index is 0. The van der Waals surface area contributed by atoms with Gasteiger partial charge in [0.1, 0.15) is 11.6 Å². The van der Waals surface area contributed by atoms with Gasteiger partial charge in [0.15, 0.2) is 11.7 Å². The van der Waals surface area contributed by atoms with Gasteiger partial charge in [-0.3, -0.25) is 0 Å². The lowest BCUT2D eigenvalue weighted by Crippen LogP contribution is -2.38. The maximum absolute atomic E-state index is 5.35. The molecule has 6 nitrogen and oxygen atoms in total. The monoisotopic (exact) mass is 525 g/mol. The third kappa shape index (κ3) is 7.11. The van der Waals surface area contributed by atoms with E-state index in [0.717, 1.165) is 53.2 Å². The number of halogens is 1. The first kappa shape index (κ1) is 23.3. The van der Waals surface area contributed by atoms with Crippen LogP contribution in [0, 0.1) is 0 Å². The van der Waals surface area contributed by atoms with Gasteiger partial charge in [-0.25, -0.2) is 9.98 Å². The number of aliphatic imine (C=N–C) groups is 1. The van der Waals surface area contributed by atoms with Crippen LogP contribution in [0.4, 0.5) is 0 Å². The largest absolute Gasteiger partial charge is 0.359 e. The minimum Gasteiger partial charge on any atom is -0.359 e. The fraction of sp³-hybridized carbons (Fsp3) is 0.381. The molecule has 3 rings (SSSR count). The molecular weight excluding hydrogens is 497 g/mol. The van der Waals surface area contributed by atoms with Crippen molar-refractivity contribution in [1.82, 2.24) is 20.8 Å². The fourth-order valence-corrected chi connectivity index (χ4v) is 3.48. The summed E-state index contributed by atoms with van der Waals surface area (Å²) in [6.07, 6.45) is 0.841. The molecule has 2 N–H and O–H groups in total. The Hall–Kier alpha value is -1.94. The van der Waals surface area contributed by atoms with Crippen molar-refractivity contribution in [2.24, 2.45) is 4.99 Å². The Bertz CT molecular complexity index is 891. The molecule has 0 saturated carbocycles. The SMILES string of the molecule is CCNC(=NCc1cc(C(C)C)no1)NCCc1csc(-c2ccccc2)n1.I. The Morgan fingerprint density at radius 3 is 2.69 bits per heavy atom. The van der Waals surface area contributed by atoms with Gasteiger partial charge in [-0.2, -0.15) is 0 Å². The van der Waals surface area contributed by atoms with Gasteiger partial charge in [-0.05, 0) is 12.8 Å². The van der Waals surface area contributed by atoms with Crippen LogP contribution in [0.15, 0.2) is 51.3 Å². The van der Waals surface area contributed by atoms with E-state index in [1.54, 1.807) is 11.3 Å². The highest BCUT2D eigenvalue weighted by atomic mass is 127. The average Bonchev–Trinajstić information content (AvgIpc) is 3.37. The topological polar surface area (TPSA) is 75.3 Å². The van der Waals surface area contributed by atoms with Crippen LogP contribution in [0.3, 0.4) is 0 Å². The van der Waals surface area contributed by atoms with E-state index in [1.807, 2.05) is 24.3 Å². The van der Waals surface area contributed by atoms with E-state index < -0.39 is 0 Å². The van der Waals surface area contributed by atoms with E-state index in [9.17, 15) is 0 Å². The number of aromatic nitrogens is 2. The van der Waals surface area contributed by atoms with Crippen molar-refractivity contribution in [1.29, 1.82) is 0 Å². The quantitative estimate of drug-likeness (QED) is 0.250. The Morgan fingerprint density at radius 2 is 2.00 bits per heavy atom. The molecule has 1 aromatic carbocycles. The second kappa shape index (κ2) is 11.9. The summed E-state index contributed by atoms with van der Waals surface area (Å²) in [5, 5.41) is 13.9. The molecule has 0 unspecified atom stereocenters. The van der Waals surface area contributed by atoms with Crippen molar-refractivity contribution in [2.75, 3.05) is 13.1 Å². The van der Waals surface area contributed by atoms with E-state index in [4.69, 9.17) is 9.51 Å². The molecule has 0 fully saturated rings. The molecule has 0 atom stereocenters.